The van der Waals surface area contributed by atoms with E-state index in [0.717, 1.165) is 0 Å². The molecule has 17 heavy (non-hydrogen) atoms. The first-order valence-corrected chi connectivity index (χ1v) is 5.01. The maximum absolute atomic E-state index is 13.3. The van der Waals surface area contributed by atoms with E-state index in [-0.39, 0.29) is 17.9 Å². The van der Waals surface area contributed by atoms with Gasteiger partial charge in [0.15, 0.2) is 11.6 Å². The van der Waals surface area contributed by atoms with Gasteiger partial charge in [-0.05, 0) is 18.2 Å². The van der Waals surface area contributed by atoms with Crippen molar-refractivity contribution in [1.82, 2.24) is 9.97 Å². The first-order chi connectivity index (χ1) is 8.18. The first kappa shape index (κ1) is 11.2. The fourth-order valence-electron chi connectivity index (χ4n) is 1.45. The lowest BCUT2D eigenvalue weighted by Crippen LogP contribution is -2.10. The molecule has 0 spiro atoms. The van der Waals surface area contributed by atoms with Crippen LogP contribution in [0.15, 0.2) is 36.7 Å². The number of carbonyl (C=O) groups is 1. The van der Waals surface area contributed by atoms with Gasteiger partial charge in [-0.15, -0.1) is 0 Å². The number of hydrogen-bond donors (Lipinski definition) is 1. The molecule has 0 aliphatic carbocycles. The summed E-state index contributed by atoms with van der Waals surface area (Å²) in [5, 5.41) is 0. The fourth-order valence-corrected chi connectivity index (χ4v) is 1.45. The van der Waals surface area contributed by atoms with Gasteiger partial charge < -0.3 is 5.73 Å². The number of anilines is 1. The number of nitrogens with two attached hydrogens (primary N) is 1. The zero-order valence-electron chi connectivity index (χ0n) is 8.93. The fraction of sp³-hybridized carbons (Fsp3) is 0.0833. The van der Waals surface area contributed by atoms with E-state index in [1.54, 1.807) is 12.1 Å². The molecule has 2 heterocycles. The molecule has 0 aromatic carbocycles. The Morgan fingerprint density at radius 1 is 1.24 bits per heavy atom. The highest BCUT2D eigenvalue weighted by molar-refractivity contribution is 5.96. The summed E-state index contributed by atoms with van der Waals surface area (Å²) in [4.78, 5) is 19.4. The maximum atomic E-state index is 13.3. The number of nitrogen functional groups attached to an aromatic ring is 1. The second-order valence-electron chi connectivity index (χ2n) is 3.48. The van der Waals surface area contributed by atoms with Gasteiger partial charge in [0.1, 0.15) is 11.5 Å². The predicted octanol–water partition coefficient (Wildman–Crippen LogP) is 1.62. The molecule has 2 aromatic rings. The van der Waals surface area contributed by atoms with Crippen LogP contribution >= 0.6 is 0 Å². The van der Waals surface area contributed by atoms with Crippen molar-refractivity contribution in [3.63, 3.8) is 0 Å². The number of rotatable bonds is 3. The van der Waals surface area contributed by atoms with Crippen molar-refractivity contribution < 1.29 is 9.18 Å². The smallest absolute Gasteiger partial charge is 0.188 e. The van der Waals surface area contributed by atoms with E-state index in [1.165, 1.54) is 24.5 Å². The molecule has 2 N–H and O–H groups in total. The molecule has 2 rings (SSSR count). The molecule has 2 aromatic heterocycles. The Kier molecular flexibility index (Phi) is 3.09. The summed E-state index contributed by atoms with van der Waals surface area (Å²) in [5.41, 5.74) is 6.01. The van der Waals surface area contributed by atoms with Gasteiger partial charge in [-0.25, -0.2) is 9.37 Å². The normalized spacial score (nSPS) is 10.2. The van der Waals surface area contributed by atoms with E-state index >= 15 is 0 Å². The van der Waals surface area contributed by atoms with Crippen LogP contribution in [-0.2, 0) is 6.42 Å². The molecule has 0 unspecified atom stereocenters. The summed E-state index contributed by atoms with van der Waals surface area (Å²) in [6.07, 6.45) is 2.90. The Labute approximate surface area is 97.3 Å². The molecule has 0 fully saturated rings. The van der Waals surface area contributed by atoms with Gasteiger partial charge in [-0.2, -0.15) is 0 Å². The Hall–Kier alpha value is -2.30. The topological polar surface area (TPSA) is 68.9 Å². The van der Waals surface area contributed by atoms with E-state index in [1.807, 2.05) is 0 Å². The van der Waals surface area contributed by atoms with Crippen LogP contribution in [0.25, 0.3) is 0 Å². The number of aromatic nitrogens is 2. The first-order valence-electron chi connectivity index (χ1n) is 5.01. The second-order valence-corrected chi connectivity index (χ2v) is 3.48. The monoisotopic (exact) mass is 231 g/mol. The Bertz CT molecular complexity index is 557. The van der Waals surface area contributed by atoms with Crippen molar-refractivity contribution in [2.45, 2.75) is 6.42 Å². The summed E-state index contributed by atoms with van der Waals surface area (Å²) in [7, 11) is 0. The summed E-state index contributed by atoms with van der Waals surface area (Å²) >= 11 is 0. The number of halogens is 1. The maximum Gasteiger partial charge on any atom is 0.188 e. The van der Waals surface area contributed by atoms with Crippen LogP contribution in [0, 0.1) is 5.82 Å². The van der Waals surface area contributed by atoms with E-state index in [9.17, 15) is 9.18 Å². The average molecular weight is 231 g/mol. The molecule has 0 bridgehead atoms. The predicted molar refractivity (Wildman–Crippen MR) is 60.9 cm³/mol. The lowest BCUT2D eigenvalue weighted by Gasteiger charge is -2.03. The highest BCUT2D eigenvalue weighted by atomic mass is 19.1. The van der Waals surface area contributed by atoms with Gasteiger partial charge >= 0.3 is 0 Å². The van der Waals surface area contributed by atoms with Crippen molar-refractivity contribution >= 4 is 11.6 Å². The number of nitrogens with zero attached hydrogens (tertiary/aromatic N) is 2. The van der Waals surface area contributed by atoms with Crippen molar-refractivity contribution in [2.75, 3.05) is 5.73 Å². The van der Waals surface area contributed by atoms with E-state index in [2.05, 4.69) is 9.97 Å². The minimum atomic E-state index is -0.625. The largest absolute Gasteiger partial charge is 0.383 e. The van der Waals surface area contributed by atoms with Gasteiger partial charge in [0.2, 0.25) is 0 Å². The molecule has 0 saturated carbocycles. The lowest BCUT2D eigenvalue weighted by molar-refractivity contribution is 0.0984. The van der Waals surface area contributed by atoms with Crippen LogP contribution in [0.5, 0.6) is 0 Å². The van der Waals surface area contributed by atoms with Crippen molar-refractivity contribution in [2.24, 2.45) is 0 Å². The summed E-state index contributed by atoms with van der Waals surface area (Å²) in [5.74, 6) is -0.764. The van der Waals surface area contributed by atoms with Crippen LogP contribution in [-0.4, -0.2) is 15.8 Å². The van der Waals surface area contributed by atoms with Crippen LogP contribution in [0.3, 0.4) is 0 Å². The molecule has 0 amide bonds. The molecule has 0 radical (unpaired) electrons. The Morgan fingerprint density at radius 3 is 2.65 bits per heavy atom. The standard InChI is InChI=1S/C12H10FN3O/c13-9-4-2-5-15-11(9)10(17)7-8-3-1-6-16-12(8)14/h1-6H,7H2,(H2,14,16). The Morgan fingerprint density at radius 2 is 1.94 bits per heavy atom. The SMILES string of the molecule is Nc1ncccc1CC(=O)c1ncccc1F. The molecule has 0 atom stereocenters. The molecule has 0 aliphatic heterocycles. The average Bonchev–Trinajstić information content (AvgIpc) is 2.32. The number of ketones is 1. The van der Waals surface area contributed by atoms with E-state index in [0.29, 0.717) is 5.56 Å². The molecule has 86 valence electrons. The van der Waals surface area contributed by atoms with Gasteiger partial charge in [0.05, 0.1) is 0 Å². The molecule has 4 nitrogen and oxygen atoms in total. The third kappa shape index (κ3) is 2.44. The summed E-state index contributed by atoms with van der Waals surface area (Å²) in [6, 6.07) is 5.99. The minimum absolute atomic E-state index is 0.00634. The molecule has 5 heteroatoms. The molecule has 0 saturated heterocycles. The zero-order chi connectivity index (χ0) is 12.3. The zero-order valence-corrected chi connectivity index (χ0v) is 8.93. The molecular formula is C12H10FN3O. The van der Waals surface area contributed by atoms with Gasteiger partial charge in [-0.1, -0.05) is 6.07 Å². The Balaban J connectivity index is 2.24. The summed E-state index contributed by atoms with van der Waals surface area (Å²) < 4.78 is 13.3. The van der Waals surface area contributed by atoms with Gasteiger partial charge in [0, 0.05) is 24.4 Å². The number of pyridine rings is 2. The summed E-state index contributed by atoms with van der Waals surface area (Å²) in [6.45, 7) is 0. The molecular weight excluding hydrogens is 221 g/mol. The lowest BCUT2D eigenvalue weighted by atomic mass is 10.1. The van der Waals surface area contributed by atoms with Crippen LogP contribution in [0.1, 0.15) is 16.1 Å². The highest BCUT2D eigenvalue weighted by Crippen LogP contribution is 2.12. The number of Topliss-reactive ketones (excluding diaryl/α,β-unsaturated/α-hetero) is 1. The molecule has 0 aliphatic rings. The highest BCUT2D eigenvalue weighted by Gasteiger charge is 2.14. The number of carbonyl (C=O) groups excluding carboxylic acids is 1. The van der Waals surface area contributed by atoms with Crippen molar-refractivity contribution in [3.05, 3.63) is 53.7 Å². The van der Waals surface area contributed by atoms with Crippen molar-refractivity contribution in [3.8, 4) is 0 Å². The third-order valence-electron chi connectivity index (χ3n) is 2.30. The van der Waals surface area contributed by atoms with Gasteiger partial charge in [0.25, 0.3) is 0 Å². The third-order valence-corrected chi connectivity index (χ3v) is 2.30. The van der Waals surface area contributed by atoms with E-state index in [4.69, 9.17) is 5.73 Å². The van der Waals surface area contributed by atoms with Crippen LogP contribution in [0.2, 0.25) is 0 Å². The van der Waals surface area contributed by atoms with Crippen LogP contribution in [0.4, 0.5) is 10.2 Å². The van der Waals surface area contributed by atoms with Crippen molar-refractivity contribution in [1.29, 1.82) is 0 Å². The van der Waals surface area contributed by atoms with E-state index < -0.39 is 11.6 Å². The van der Waals surface area contributed by atoms with Crippen LogP contribution < -0.4 is 5.73 Å². The van der Waals surface area contributed by atoms with Gasteiger partial charge in [-0.3, -0.25) is 9.78 Å². The number of hydrogen-bond acceptors (Lipinski definition) is 4. The second kappa shape index (κ2) is 4.69. The quantitative estimate of drug-likeness (QED) is 0.815. The minimum Gasteiger partial charge on any atom is -0.383 e.